The van der Waals surface area contributed by atoms with Gasteiger partial charge in [0, 0.05) is 12.3 Å². The molecular formula is C9H12N2O5S. The van der Waals surface area contributed by atoms with Gasteiger partial charge in [-0.05, 0) is 12.2 Å². The average molecular weight is 260 g/mol. The minimum atomic E-state index is -1.22. The molecule has 1 aliphatic rings. The Hall–Kier alpha value is -1.06. The van der Waals surface area contributed by atoms with E-state index in [1.54, 1.807) is 0 Å². The van der Waals surface area contributed by atoms with Gasteiger partial charge in [0.25, 0.3) is 5.56 Å². The SMILES string of the molecule is O=c1ccn(C2OC(CO)[C@H](O)[C@@H]2O)c(=S)[nH]1. The van der Waals surface area contributed by atoms with Crippen molar-refractivity contribution in [2.24, 2.45) is 0 Å². The first kappa shape index (κ1) is 12.4. The van der Waals surface area contributed by atoms with Crippen LogP contribution in [0.15, 0.2) is 17.1 Å². The van der Waals surface area contributed by atoms with Gasteiger partial charge < -0.3 is 20.1 Å². The fourth-order valence-electron chi connectivity index (χ4n) is 1.74. The maximum absolute atomic E-state index is 11.0. The molecule has 0 radical (unpaired) electrons. The van der Waals surface area contributed by atoms with E-state index < -0.39 is 31.1 Å². The summed E-state index contributed by atoms with van der Waals surface area (Å²) in [5.41, 5.74) is -0.363. The molecule has 17 heavy (non-hydrogen) atoms. The van der Waals surface area contributed by atoms with Gasteiger partial charge in [0.15, 0.2) is 11.0 Å². The van der Waals surface area contributed by atoms with E-state index in [1.807, 2.05) is 0 Å². The molecule has 94 valence electrons. The number of aromatic nitrogens is 2. The molecule has 2 rings (SSSR count). The van der Waals surface area contributed by atoms with E-state index in [-0.39, 0.29) is 10.3 Å². The highest BCUT2D eigenvalue weighted by atomic mass is 32.1. The zero-order valence-electron chi connectivity index (χ0n) is 8.68. The van der Waals surface area contributed by atoms with E-state index in [0.717, 1.165) is 0 Å². The lowest BCUT2D eigenvalue weighted by atomic mass is 10.1. The van der Waals surface area contributed by atoms with Gasteiger partial charge in [-0.3, -0.25) is 14.3 Å². The molecule has 0 aliphatic carbocycles. The van der Waals surface area contributed by atoms with Crippen LogP contribution in [0.3, 0.4) is 0 Å². The lowest BCUT2D eigenvalue weighted by Crippen LogP contribution is -2.33. The lowest BCUT2D eigenvalue weighted by Gasteiger charge is -2.17. The Morgan fingerprint density at radius 2 is 2.18 bits per heavy atom. The Bertz CT molecular complexity index is 513. The molecule has 0 bridgehead atoms. The fraction of sp³-hybridized carbons (Fsp3) is 0.556. The summed E-state index contributed by atoms with van der Waals surface area (Å²) in [6, 6.07) is 1.23. The Labute approximate surface area is 101 Å². The molecule has 0 aromatic carbocycles. The molecule has 4 N–H and O–H groups in total. The second kappa shape index (κ2) is 4.67. The summed E-state index contributed by atoms with van der Waals surface area (Å²) in [4.78, 5) is 13.4. The van der Waals surface area contributed by atoms with Crippen molar-refractivity contribution in [3.05, 3.63) is 27.4 Å². The summed E-state index contributed by atoms with van der Waals surface area (Å²) in [6.07, 6.45) is -2.85. The molecule has 2 heterocycles. The zero-order valence-corrected chi connectivity index (χ0v) is 9.50. The largest absolute Gasteiger partial charge is 0.394 e. The smallest absolute Gasteiger partial charge is 0.251 e. The van der Waals surface area contributed by atoms with E-state index in [4.69, 9.17) is 22.1 Å². The summed E-state index contributed by atoms with van der Waals surface area (Å²) >= 11 is 4.91. The van der Waals surface area contributed by atoms with Gasteiger partial charge in [0.1, 0.15) is 18.3 Å². The predicted molar refractivity (Wildman–Crippen MR) is 58.9 cm³/mol. The molecule has 0 amide bonds. The Morgan fingerprint density at radius 3 is 2.71 bits per heavy atom. The number of aliphatic hydroxyl groups is 3. The molecule has 7 nitrogen and oxygen atoms in total. The van der Waals surface area contributed by atoms with Gasteiger partial charge in [0.2, 0.25) is 0 Å². The third kappa shape index (κ3) is 2.17. The van der Waals surface area contributed by atoms with Crippen LogP contribution in [0.25, 0.3) is 0 Å². The van der Waals surface area contributed by atoms with Crippen LogP contribution in [0.5, 0.6) is 0 Å². The Balaban J connectivity index is 2.35. The molecule has 4 atom stereocenters. The van der Waals surface area contributed by atoms with Gasteiger partial charge >= 0.3 is 0 Å². The molecule has 0 spiro atoms. The molecule has 1 fully saturated rings. The standard InChI is InChI=1S/C9H12N2O5S/c12-3-4-6(14)7(15)8(16-4)11-2-1-5(13)10-9(11)17/h1-2,4,6-8,12,14-15H,3H2,(H,10,13,17)/t4?,6-,7-,8?/m0/s1. The Morgan fingerprint density at radius 1 is 1.47 bits per heavy atom. The number of hydrogen-bond acceptors (Lipinski definition) is 6. The van der Waals surface area contributed by atoms with E-state index in [1.165, 1.54) is 16.8 Å². The van der Waals surface area contributed by atoms with E-state index in [2.05, 4.69) is 4.98 Å². The highest BCUT2D eigenvalue weighted by molar-refractivity contribution is 7.71. The number of hydrogen-bond donors (Lipinski definition) is 4. The van der Waals surface area contributed by atoms with Crippen molar-refractivity contribution >= 4 is 12.2 Å². The molecule has 0 saturated carbocycles. The fourth-order valence-corrected chi connectivity index (χ4v) is 2.00. The second-order valence-corrected chi connectivity index (χ2v) is 4.13. The van der Waals surface area contributed by atoms with Gasteiger partial charge in [-0.25, -0.2) is 0 Å². The molecule has 1 aromatic rings. The number of H-pyrrole nitrogens is 1. The maximum Gasteiger partial charge on any atom is 0.251 e. The minimum Gasteiger partial charge on any atom is -0.394 e. The topological polar surface area (TPSA) is 108 Å². The van der Waals surface area contributed by atoms with Gasteiger partial charge in [-0.1, -0.05) is 0 Å². The number of nitrogens with zero attached hydrogens (tertiary/aromatic N) is 1. The van der Waals surface area contributed by atoms with Crippen LogP contribution >= 0.6 is 12.2 Å². The normalized spacial score (nSPS) is 32.9. The Kier molecular flexibility index (Phi) is 3.40. The zero-order chi connectivity index (χ0) is 12.6. The lowest BCUT2D eigenvalue weighted by molar-refractivity contribution is -0.0541. The van der Waals surface area contributed by atoms with Crippen molar-refractivity contribution in [1.29, 1.82) is 0 Å². The van der Waals surface area contributed by atoms with E-state index in [0.29, 0.717) is 0 Å². The third-order valence-electron chi connectivity index (χ3n) is 2.64. The van der Waals surface area contributed by atoms with Crippen LogP contribution in [-0.2, 0) is 4.74 Å². The first-order chi connectivity index (χ1) is 8.04. The minimum absolute atomic E-state index is 0.0762. The van der Waals surface area contributed by atoms with Crippen molar-refractivity contribution in [3.8, 4) is 0 Å². The van der Waals surface area contributed by atoms with Crippen molar-refractivity contribution in [2.75, 3.05) is 6.61 Å². The van der Waals surface area contributed by atoms with Crippen molar-refractivity contribution < 1.29 is 20.1 Å². The molecule has 2 unspecified atom stereocenters. The maximum atomic E-state index is 11.0. The third-order valence-corrected chi connectivity index (χ3v) is 2.96. The van der Waals surface area contributed by atoms with Crippen molar-refractivity contribution in [3.63, 3.8) is 0 Å². The van der Waals surface area contributed by atoms with Gasteiger partial charge in [0.05, 0.1) is 6.61 Å². The van der Waals surface area contributed by atoms with Crippen molar-refractivity contribution in [1.82, 2.24) is 9.55 Å². The van der Waals surface area contributed by atoms with Crippen LogP contribution in [-0.4, -0.2) is 49.8 Å². The average Bonchev–Trinajstić information content (AvgIpc) is 2.57. The molecule has 1 saturated heterocycles. The summed E-state index contributed by atoms with van der Waals surface area (Å²) in [6.45, 7) is -0.411. The van der Waals surface area contributed by atoms with Crippen LogP contribution in [0, 0.1) is 4.77 Å². The van der Waals surface area contributed by atoms with Crippen LogP contribution < -0.4 is 5.56 Å². The van der Waals surface area contributed by atoms with E-state index in [9.17, 15) is 15.0 Å². The number of rotatable bonds is 2. The van der Waals surface area contributed by atoms with E-state index >= 15 is 0 Å². The quantitative estimate of drug-likeness (QED) is 0.483. The second-order valence-electron chi connectivity index (χ2n) is 3.75. The van der Waals surface area contributed by atoms with Gasteiger partial charge in [-0.2, -0.15) is 0 Å². The number of aromatic amines is 1. The summed E-state index contributed by atoms with van der Waals surface area (Å²) in [7, 11) is 0. The van der Waals surface area contributed by atoms with Gasteiger partial charge in [-0.15, -0.1) is 0 Å². The van der Waals surface area contributed by atoms with Crippen molar-refractivity contribution in [2.45, 2.75) is 24.5 Å². The van der Waals surface area contributed by atoms with Crippen LogP contribution in [0.4, 0.5) is 0 Å². The summed E-state index contributed by atoms with van der Waals surface area (Å²) in [5, 5.41) is 28.3. The first-order valence-corrected chi connectivity index (χ1v) is 5.39. The van der Waals surface area contributed by atoms with Crippen LogP contribution in [0.2, 0.25) is 0 Å². The highest BCUT2D eigenvalue weighted by Crippen LogP contribution is 2.28. The molecule has 8 heteroatoms. The number of aliphatic hydroxyl groups excluding tert-OH is 3. The number of nitrogens with one attached hydrogen (secondary N) is 1. The highest BCUT2D eigenvalue weighted by Gasteiger charge is 2.43. The number of ether oxygens (including phenoxy) is 1. The summed E-state index contributed by atoms with van der Waals surface area (Å²) in [5.74, 6) is 0. The summed E-state index contributed by atoms with van der Waals surface area (Å²) < 4.78 is 6.66. The molecular weight excluding hydrogens is 248 g/mol. The molecule has 1 aromatic heterocycles. The van der Waals surface area contributed by atoms with Crippen LogP contribution in [0.1, 0.15) is 6.23 Å². The monoisotopic (exact) mass is 260 g/mol. The predicted octanol–water partition coefficient (Wildman–Crippen LogP) is -1.48. The molecule has 1 aliphatic heterocycles. The first-order valence-electron chi connectivity index (χ1n) is 4.98.